The van der Waals surface area contributed by atoms with E-state index in [0.717, 1.165) is 38.5 Å². The summed E-state index contributed by atoms with van der Waals surface area (Å²) in [6.07, 6.45) is 6.27. The molecular weight excluding hydrogens is 310 g/mol. The topological polar surface area (TPSA) is 84.9 Å². The van der Waals surface area contributed by atoms with E-state index in [2.05, 4.69) is 5.32 Å². The molecule has 0 fully saturated rings. The third-order valence-electron chi connectivity index (χ3n) is 3.96. The number of hydrogen-bond acceptors (Lipinski definition) is 4. The summed E-state index contributed by atoms with van der Waals surface area (Å²) >= 11 is 0. The Bertz CT molecular complexity index is 546. The zero-order chi connectivity index (χ0) is 17.2. The zero-order valence-corrected chi connectivity index (χ0v) is 13.8. The van der Waals surface area contributed by atoms with Crippen molar-refractivity contribution >= 4 is 11.9 Å². The van der Waals surface area contributed by atoms with Crippen LogP contribution < -0.4 is 10.1 Å². The Hall–Kier alpha value is -2.08. The van der Waals surface area contributed by atoms with Crippen molar-refractivity contribution in [1.29, 1.82) is 0 Å². The van der Waals surface area contributed by atoms with E-state index in [1.54, 1.807) is 24.3 Å². The molecule has 0 unspecified atom stereocenters. The highest BCUT2D eigenvalue weighted by atomic mass is 16.5. The van der Waals surface area contributed by atoms with Crippen LogP contribution >= 0.6 is 0 Å². The Balaban J connectivity index is 2.09. The van der Waals surface area contributed by atoms with E-state index in [1.165, 1.54) is 0 Å². The Labute approximate surface area is 142 Å². The van der Waals surface area contributed by atoms with Gasteiger partial charge in [0.15, 0.2) is 6.04 Å². The van der Waals surface area contributed by atoms with Gasteiger partial charge in [0.1, 0.15) is 5.75 Å². The molecule has 24 heavy (non-hydrogen) atoms. The highest BCUT2D eigenvalue weighted by molar-refractivity contribution is 5.98. The van der Waals surface area contributed by atoms with Crippen LogP contribution in [0.1, 0.15) is 48.9 Å². The van der Waals surface area contributed by atoms with Gasteiger partial charge in [-0.3, -0.25) is 4.79 Å². The smallest absolute Gasteiger partial charge is 0.328 e. The fourth-order valence-electron chi connectivity index (χ4n) is 2.59. The summed E-state index contributed by atoms with van der Waals surface area (Å²) < 4.78 is 11.1. The molecule has 1 aliphatic rings. The maximum atomic E-state index is 12.4. The van der Waals surface area contributed by atoms with Crippen LogP contribution in [0.4, 0.5) is 0 Å². The number of fused-ring (bicyclic) bond motifs is 1. The number of para-hydroxylation sites is 1. The molecule has 1 atom stereocenters. The summed E-state index contributed by atoms with van der Waals surface area (Å²) in [5.74, 6) is -1.09. The average molecular weight is 335 g/mol. The molecule has 1 amide bonds. The predicted molar refractivity (Wildman–Crippen MR) is 89.3 cm³/mol. The van der Waals surface area contributed by atoms with Crippen molar-refractivity contribution in [2.45, 2.75) is 44.6 Å². The van der Waals surface area contributed by atoms with Gasteiger partial charge in [0.2, 0.25) is 0 Å². The van der Waals surface area contributed by atoms with Crippen molar-refractivity contribution in [2.24, 2.45) is 0 Å². The largest absolute Gasteiger partial charge is 0.493 e. The van der Waals surface area contributed by atoms with Gasteiger partial charge in [-0.15, -0.1) is 0 Å². The molecule has 0 bridgehead atoms. The Morgan fingerprint density at radius 2 is 1.71 bits per heavy atom. The van der Waals surface area contributed by atoms with Crippen LogP contribution in [0.15, 0.2) is 24.3 Å². The molecule has 6 nitrogen and oxygen atoms in total. The average Bonchev–Trinajstić information content (AvgIpc) is 2.57. The highest BCUT2D eigenvalue weighted by Gasteiger charge is 2.22. The van der Waals surface area contributed by atoms with Gasteiger partial charge in [-0.2, -0.15) is 0 Å². The Morgan fingerprint density at radius 1 is 1.04 bits per heavy atom. The van der Waals surface area contributed by atoms with Gasteiger partial charge in [-0.1, -0.05) is 37.8 Å². The van der Waals surface area contributed by atoms with Crippen molar-refractivity contribution in [1.82, 2.24) is 5.32 Å². The van der Waals surface area contributed by atoms with E-state index in [9.17, 15) is 14.7 Å². The van der Waals surface area contributed by atoms with Gasteiger partial charge in [0.05, 0.1) is 18.8 Å². The molecule has 132 valence electrons. The van der Waals surface area contributed by atoms with E-state index >= 15 is 0 Å². The normalized spacial score (nSPS) is 21.2. The number of rotatable bonds is 1. The van der Waals surface area contributed by atoms with Crippen molar-refractivity contribution in [3.63, 3.8) is 0 Å². The SMILES string of the molecule is O=C1N[C@H](C(=O)O)COCCCCCCCCOc2ccccc21. The number of aliphatic carboxylic acids is 1. The molecule has 0 aliphatic carbocycles. The maximum absolute atomic E-state index is 12.4. The highest BCUT2D eigenvalue weighted by Crippen LogP contribution is 2.19. The van der Waals surface area contributed by atoms with E-state index in [-0.39, 0.29) is 6.61 Å². The van der Waals surface area contributed by atoms with Crippen molar-refractivity contribution in [2.75, 3.05) is 19.8 Å². The molecule has 1 heterocycles. The van der Waals surface area contributed by atoms with Gasteiger partial charge < -0.3 is 19.9 Å². The van der Waals surface area contributed by atoms with Crippen LogP contribution in [0.3, 0.4) is 0 Å². The number of nitrogens with one attached hydrogen (secondary N) is 1. The summed E-state index contributed by atoms with van der Waals surface area (Å²) in [4.78, 5) is 23.7. The number of amides is 1. The lowest BCUT2D eigenvalue weighted by Crippen LogP contribution is -2.44. The Kier molecular flexibility index (Phi) is 7.55. The molecular formula is C18H25NO5. The van der Waals surface area contributed by atoms with Crippen molar-refractivity contribution < 1.29 is 24.2 Å². The van der Waals surface area contributed by atoms with Crippen LogP contribution in [0, 0.1) is 0 Å². The molecule has 0 saturated heterocycles. The van der Waals surface area contributed by atoms with E-state index < -0.39 is 17.9 Å². The third kappa shape index (κ3) is 5.85. The molecule has 1 aromatic carbocycles. The Morgan fingerprint density at radius 3 is 2.46 bits per heavy atom. The van der Waals surface area contributed by atoms with Crippen LogP contribution in [0.2, 0.25) is 0 Å². The van der Waals surface area contributed by atoms with Gasteiger partial charge in [0, 0.05) is 6.61 Å². The standard InChI is InChI=1S/C18H25NO5/c20-17-14-9-5-6-10-16(14)24-12-8-4-2-1-3-7-11-23-13-15(19-17)18(21)22/h5-6,9-10,15H,1-4,7-8,11-13H2,(H,19,20)(H,21,22)/t15-/m0/s1. The molecule has 2 rings (SSSR count). The van der Waals surface area contributed by atoms with E-state index in [4.69, 9.17) is 9.47 Å². The first-order valence-corrected chi connectivity index (χ1v) is 8.51. The van der Waals surface area contributed by atoms with Crippen LogP contribution in [-0.4, -0.2) is 42.8 Å². The maximum Gasteiger partial charge on any atom is 0.328 e. The summed E-state index contributed by atoms with van der Waals surface area (Å²) in [6, 6.07) is 5.81. The first-order valence-electron chi connectivity index (χ1n) is 8.51. The summed E-state index contributed by atoms with van der Waals surface area (Å²) in [5.41, 5.74) is 0.343. The fourth-order valence-corrected chi connectivity index (χ4v) is 2.59. The van der Waals surface area contributed by atoms with Crippen LogP contribution in [-0.2, 0) is 9.53 Å². The fraction of sp³-hybridized carbons (Fsp3) is 0.556. The monoisotopic (exact) mass is 335 g/mol. The predicted octanol–water partition coefficient (Wildman–Crippen LogP) is 2.62. The number of carboxylic acid groups (broad SMARTS) is 1. The van der Waals surface area contributed by atoms with Crippen molar-refractivity contribution in [3.05, 3.63) is 29.8 Å². The minimum absolute atomic E-state index is 0.0376. The molecule has 0 spiro atoms. The van der Waals surface area contributed by atoms with Crippen molar-refractivity contribution in [3.8, 4) is 5.75 Å². The summed E-state index contributed by atoms with van der Waals surface area (Å²) in [7, 11) is 0. The second-order valence-corrected chi connectivity index (χ2v) is 5.91. The number of carbonyl (C=O) groups excluding carboxylic acids is 1. The first-order chi connectivity index (χ1) is 11.7. The molecule has 1 aromatic rings. The van der Waals surface area contributed by atoms with Gasteiger partial charge in [0.25, 0.3) is 5.91 Å². The molecule has 6 heteroatoms. The van der Waals surface area contributed by atoms with Gasteiger partial charge in [-0.25, -0.2) is 4.79 Å². The van der Waals surface area contributed by atoms with E-state index in [0.29, 0.717) is 24.5 Å². The lowest BCUT2D eigenvalue weighted by molar-refractivity contribution is -0.140. The molecule has 0 radical (unpaired) electrons. The number of hydrogen-bond donors (Lipinski definition) is 2. The quantitative estimate of drug-likeness (QED) is 0.824. The number of carbonyl (C=O) groups is 2. The minimum atomic E-state index is -1.11. The number of ether oxygens (including phenoxy) is 2. The van der Waals surface area contributed by atoms with Crippen LogP contribution in [0.5, 0.6) is 5.75 Å². The number of benzene rings is 1. The van der Waals surface area contributed by atoms with Gasteiger partial charge in [-0.05, 0) is 25.0 Å². The molecule has 0 saturated carbocycles. The zero-order valence-electron chi connectivity index (χ0n) is 13.8. The lowest BCUT2D eigenvalue weighted by Gasteiger charge is -2.17. The third-order valence-corrected chi connectivity index (χ3v) is 3.96. The molecule has 2 N–H and O–H groups in total. The van der Waals surface area contributed by atoms with Crippen LogP contribution in [0.25, 0.3) is 0 Å². The summed E-state index contributed by atoms with van der Waals surface area (Å²) in [5, 5.41) is 11.8. The molecule has 1 aliphatic heterocycles. The van der Waals surface area contributed by atoms with Gasteiger partial charge >= 0.3 is 5.97 Å². The second-order valence-electron chi connectivity index (χ2n) is 5.91. The lowest BCUT2D eigenvalue weighted by atomic mass is 10.1. The number of carboxylic acids is 1. The minimum Gasteiger partial charge on any atom is -0.493 e. The second kappa shape index (κ2) is 9.93. The van der Waals surface area contributed by atoms with E-state index in [1.807, 2.05) is 0 Å². The first kappa shape index (κ1) is 18.3. The molecule has 0 aromatic heterocycles. The summed E-state index contributed by atoms with van der Waals surface area (Å²) in [6.45, 7) is 1.03.